The number of nitrogens with one attached hydrogen (secondary N) is 1. The first kappa shape index (κ1) is 16.4. The van der Waals surface area contributed by atoms with Crippen molar-refractivity contribution in [3.05, 3.63) is 57.8 Å². The van der Waals surface area contributed by atoms with Gasteiger partial charge in [0, 0.05) is 27.4 Å². The fourth-order valence-electron chi connectivity index (χ4n) is 2.47. The Balaban J connectivity index is 2.20. The minimum atomic E-state index is -0.442. The topological polar surface area (TPSA) is 64.1 Å². The minimum absolute atomic E-state index is 0.373. The summed E-state index contributed by atoms with van der Waals surface area (Å²) in [4.78, 5) is 20.9. The van der Waals surface area contributed by atoms with E-state index in [0.717, 1.165) is 26.8 Å². The lowest BCUT2D eigenvalue weighted by atomic mass is 10.1. The Labute approximate surface area is 148 Å². The number of aryl methyl sites for hydroxylation is 2. The first-order valence-electron chi connectivity index (χ1n) is 7.37. The summed E-state index contributed by atoms with van der Waals surface area (Å²) in [5, 5.41) is 4.11. The van der Waals surface area contributed by atoms with Crippen LogP contribution in [0.1, 0.15) is 21.6 Å². The number of pyridine rings is 2. The van der Waals surface area contributed by atoms with Crippen LogP contribution in [-0.4, -0.2) is 23.0 Å². The molecule has 3 aromatic rings. The van der Waals surface area contributed by atoms with Gasteiger partial charge in [-0.25, -0.2) is 14.8 Å². The number of hydrogen-bond donors (Lipinski definition) is 1. The molecule has 0 fully saturated rings. The smallest absolute Gasteiger partial charge is 0.341 e. The van der Waals surface area contributed by atoms with E-state index in [-0.39, 0.29) is 0 Å². The highest BCUT2D eigenvalue weighted by atomic mass is 79.9. The van der Waals surface area contributed by atoms with Crippen LogP contribution in [0, 0.1) is 13.8 Å². The standard InChI is InChI=1S/C18H16BrN3O2/c1-10-8-12(19)5-7-15(10)22-16-13-6-4-11(2)21-17(13)20-9-14(16)18(23)24-3/h4-9H,1-3H3,(H,20,21,22). The van der Waals surface area contributed by atoms with E-state index >= 15 is 0 Å². The lowest BCUT2D eigenvalue weighted by Crippen LogP contribution is -2.08. The summed E-state index contributed by atoms with van der Waals surface area (Å²) in [6.45, 7) is 3.90. The third kappa shape index (κ3) is 3.10. The number of halogens is 1. The molecule has 3 rings (SSSR count). The third-order valence-corrected chi connectivity index (χ3v) is 4.22. The highest BCUT2D eigenvalue weighted by Crippen LogP contribution is 2.31. The van der Waals surface area contributed by atoms with Gasteiger partial charge in [-0.15, -0.1) is 0 Å². The summed E-state index contributed by atoms with van der Waals surface area (Å²) < 4.78 is 5.89. The summed E-state index contributed by atoms with van der Waals surface area (Å²) in [5.74, 6) is -0.442. The first-order chi connectivity index (χ1) is 11.5. The maximum absolute atomic E-state index is 12.1. The monoisotopic (exact) mass is 385 g/mol. The van der Waals surface area contributed by atoms with Crippen molar-refractivity contribution in [2.24, 2.45) is 0 Å². The number of benzene rings is 1. The quantitative estimate of drug-likeness (QED) is 0.670. The molecule has 0 saturated carbocycles. The molecule has 0 unspecified atom stereocenters. The molecule has 2 aromatic heterocycles. The van der Waals surface area contributed by atoms with E-state index in [1.165, 1.54) is 13.3 Å². The molecule has 2 heterocycles. The molecule has 0 radical (unpaired) electrons. The highest BCUT2D eigenvalue weighted by molar-refractivity contribution is 9.10. The van der Waals surface area contributed by atoms with Crippen molar-refractivity contribution < 1.29 is 9.53 Å². The van der Waals surface area contributed by atoms with E-state index < -0.39 is 5.97 Å². The zero-order chi connectivity index (χ0) is 17.3. The molecule has 0 aliphatic carbocycles. The van der Waals surface area contributed by atoms with Crippen LogP contribution < -0.4 is 5.32 Å². The van der Waals surface area contributed by atoms with Crippen LogP contribution in [0.25, 0.3) is 11.0 Å². The average Bonchev–Trinajstić information content (AvgIpc) is 2.56. The van der Waals surface area contributed by atoms with Gasteiger partial charge in [0.1, 0.15) is 5.56 Å². The van der Waals surface area contributed by atoms with E-state index in [1.54, 1.807) is 0 Å². The predicted octanol–water partition coefficient (Wildman–Crippen LogP) is 4.54. The number of carbonyl (C=O) groups is 1. The van der Waals surface area contributed by atoms with E-state index in [2.05, 4.69) is 31.2 Å². The van der Waals surface area contributed by atoms with E-state index in [4.69, 9.17) is 4.74 Å². The fraction of sp³-hybridized carbons (Fsp3) is 0.167. The van der Waals surface area contributed by atoms with Gasteiger partial charge in [-0.05, 0) is 49.7 Å². The number of fused-ring (bicyclic) bond motifs is 1. The Bertz CT molecular complexity index is 941. The van der Waals surface area contributed by atoms with Gasteiger partial charge in [-0.3, -0.25) is 0 Å². The molecule has 24 heavy (non-hydrogen) atoms. The molecule has 0 saturated heterocycles. The SMILES string of the molecule is COC(=O)c1cnc2nc(C)ccc2c1Nc1ccc(Br)cc1C. The Morgan fingerprint density at radius 3 is 2.71 bits per heavy atom. The third-order valence-electron chi connectivity index (χ3n) is 3.72. The molecule has 0 amide bonds. The van der Waals surface area contributed by atoms with Gasteiger partial charge < -0.3 is 10.1 Å². The zero-order valence-electron chi connectivity index (χ0n) is 13.6. The zero-order valence-corrected chi connectivity index (χ0v) is 15.1. The van der Waals surface area contributed by atoms with Gasteiger partial charge in [0.2, 0.25) is 0 Å². The molecule has 0 atom stereocenters. The Kier molecular flexibility index (Phi) is 4.49. The molecule has 0 aliphatic heterocycles. The number of anilines is 2. The number of aromatic nitrogens is 2. The van der Waals surface area contributed by atoms with E-state index in [0.29, 0.717) is 16.9 Å². The lowest BCUT2D eigenvalue weighted by molar-refractivity contribution is 0.0601. The summed E-state index contributed by atoms with van der Waals surface area (Å²) in [5.41, 5.74) is 4.41. The summed E-state index contributed by atoms with van der Waals surface area (Å²) in [6, 6.07) is 9.71. The van der Waals surface area contributed by atoms with Crippen LogP contribution in [0.3, 0.4) is 0 Å². The number of methoxy groups -OCH3 is 1. The van der Waals surface area contributed by atoms with Crippen LogP contribution in [0.5, 0.6) is 0 Å². The number of carbonyl (C=O) groups excluding carboxylic acids is 1. The highest BCUT2D eigenvalue weighted by Gasteiger charge is 2.17. The lowest BCUT2D eigenvalue weighted by Gasteiger charge is -2.15. The number of rotatable bonds is 3. The second-order valence-electron chi connectivity index (χ2n) is 5.45. The van der Waals surface area contributed by atoms with Gasteiger partial charge in [-0.1, -0.05) is 15.9 Å². The van der Waals surface area contributed by atoms with Crippen molar-refractivity contribution >= 4 is 44.3 Å². The summed E-state index contributed by atoms with van der Waals surface area (Å²) >= 11 is 3.46. The molecule has 5 nitrogen and oxygen atoms in total. The number of esters is 1. The number of ether oxygens (including phenoxy) is 1. The molecule has 0 bridgehead atoms. The van der Waals surface area contributed by atoms with Crippen molar-refractivity contribution in [1.82, 2.24) is 9.97 Å². The van der Waals surface area contributed by atoms with Crippen LogP contribution in [-0.2, 0) is 4.74 Å². The van der Waals surface area contributed by atoms with Crippen molar-refractivity contribution in [1.29, 1.82) is 0 Å². The Morgan fingerprint density at radius 2 is 2.00 bits per heavy atom. The molecular weight excluding hydrogens is 370 g/mol. The molecule has 6 heteroatoms. The van der Waals surface area contributed by atoms with Gasteiger partial charge in [-0.2, -0.15) is 0 Å². The largest absolute Gasteiger partial charge is 0.465 e. The Hall–Kier alpha value is -2.47. The van der Waals surface area contributed by atoms with Gasteiger partial charge in [0.25, 0.3) is 0 Å². The number of hydrogen-bond acceptors (Lipinski definition) is 5. The normalized spacial score (nSPS) is 10.7. The van der Waals surface area contributed by atoms with Crippen LogP contribution in [0.2, 0.25) is 0 Å². The molecular formula is C18H16BrN3O2. The maximum Gasteiger partial charge on any atom is 0.341 e. The van der Waals surface area contributed by atoms with Gasteiger partial charge in [0.15, 0.2) is 5.65 Å². The fourth-order valence-corrected chi connectivity index (χ4v) is 2.95. The predicted molar refractivity (Wildman–Crippen MR) is 97.8 cm³/mol. The summed E-state index contributed by atoms with van der Waals surface area (Å²) in [7, 11) is 1.36. The molecule has 1 aromatic carbocycles. The van der Waals surface area contributed by atoms with E-state index in [9.17, 15) is 4.79 Å². The van der Waals surface area contributed by atoms with Crippen molar-refractivity contribution in [2.45, 2.75) is 13.8 Å². The van der Waals surface area contributed by atoms with Crippen molar-refractivity contribution in [2.75, 3.05) is 12.4 Å². The van der Waals surface area contributed by atoms with Crippen LogP contribution >= 0.6 is 15.9 Å². The second-order valence-corrected chi connectivity index (χ2v) is 6.36. The van der Waals surface area contributed by atoms with Crippen molar-refractivity contribution in [3.63, 3.8) is 0 Å². The second kappa shape index (κ2) is 6.57. The maximum atomic E-state index is 12.1. The molecule has 0 spiro atoms. The van der Waals surface area contributed by atoms with Crippen molar-refractivity contribution in [3.8, 4) is 0 Å². The van der Waals surface area contributed by atoms with E-state index in [1.807, 2.05) is 44.2 Å². The average molecular weight is 386 g/mol. The van der Waals surface area contributed by atoms with Crippen LogP contribution in [0.15, 0.2) is 41.0 Å². The van der Waals surface area contributed by atoms with Crippen LogP contribution in [0.4, 0.5) is 11.4 Å². The van der Waals surface area contributed by atoms with Gasteiger partial charge >= 0.3 is 5.97 Å². The van der Waals surface area contributed by atoms with Gasteiger partial charge in [0.05, 0.1) is 12.8 Å². The minimum Gasteiger partial charge on any atom is -0.465 e. The molecule has 122 valence electrons. The number of nitrogens with zero attached hydrogens (tertiary/aromatic N) is 2. The first-order valence-corrected chi connectivity index (χ1v) is 8.16. The summed E-state index contributed by atoms with van der Waals surface area (Å²) in [6.07, 6.45) is 1.50. The Morgan fingerprint density at radius 1 is 1.21 bits per heavy atom. The molecule has 1 N–H and O–H groups in total. The molecule has 0 aliphatic rings.